The molecule has 0 aliphatic carbocycles. The monoisotopic (exact) mass is 332 g/mol. The van der Waals surface area contributed by atoms with Gasteiger partial charge < -0.3 is 10.6 Å². The SMILES string of the molecule is CN=C(NCC(C)c1ccsc1)NC1CCCn2nc(C)nc21. The molecule has 0 saturated heterocycles. The molecule has 2 aromatic heterocycles. The molecule has 3 rings (SSSR count). The molecule has 2 aromatic rings. The second-order valence-corrected chi connectivity index (χ2v) is 6.77. The number of hydrogen-bond acceptors (Lipinski definition) is 4. The van der Waals surface area contributed by atoms with Crippen LogP contribution in [0.3, 0.4) is 0 Å². The van der Waals surface area contributed by atoms with E-state index in [4.69, 9.17) is 0 Å². The third-order valence-corrected chi connectivity index (χ3v) is 4.90. The van der Waals surface area contributed by atoms with Gasteiger partial charge in [-0.05, 0) is 48.1 Å². The van der Waals surface area contributed by atoms with Gasteiger partial charge in [0.25, 0.3) is 0 Å². The van der Waals surface area contributed by atoms with Crippen LogP contribution in [0.5, 0.6) is 0 Å². The number of guanidine groups is 1. The summed E-state index contributed by atoms with van der Waals surface area (Å²) in [5.41, 5.74) is 1.37. The van der Waals surface area contributed by atoms with Crippen LogP contribution in [0.15, 0.2) is 21.8 Å². The highest BCUT2D eigenvalue weighted by atomic mass is 32.1. The Morgan fingerprint density at radius 3 is 3.17 bits per heavy atom. The van der Waals surface area contributed by atoms with Crippen LogP contribution < -0.4 is 10.6 Å². The normalized spacial score (nSPS) is 19.3. The van der Waals surface area contributed by atoms with Gasteiger partial charge in [-0.15, -0.1) is 0 Å². The van der Waals surface area contributed by atoms with Crippen molar-refractivity contribution in [3.8, 4) is 0 Å². The molecule has 1 aliphatic heterocycles. The average Bonchev–Trinajstić information content (AvgIpc) is 3.19. The highest BCUT2D eigenvalue weighted by Gasteiger charge is 2.24. The van der Waals surface area contributed by atoms with Crippen LogP contribution in [0, 0.1) is 6.92 Å². The molecule has 1 aliphatic rings. The molecule has 23 heavy (non-hydrogen) atoms. The Labute approximate surface area is 141 Å². The van der Waals surface area contributed by atoms with Gasteiger partial charge in [0, 0.05) is 20.1 Å². The number of fused-ring (bicyclic) bond motifs is 1. The van der Waals surface area contributed by atoms with Crippen LogP contribution in [0.2, 0.25) is 0 Å². The summed E-state index contributed by atoms with van der Waals surface area (Å²) in [6, 6.07) is 2.35. The Bertz CT molecular complexity index is 660. The Balaban J connectivity index is 1.60. The Kier molecular flexibility index (Phi) is 4.95. The maximum Gasteiger partial charge on any atom is 0.191 e. The highest BCUT2D eigenvalue weighted by molar-refractivity contribution is 7.07. The van der Waals surface area contributed by atoms with Gasteiger partial charge in [0.2, 0.25) is 0 Å². The number of nitrogens with one attached hydrogen (secondary N) is 2. The van der Waals surface area contributed by atoms with Crippen LogP contribution in [0.1, 0.15) is 48.9 Å². The zero-order valence-corrected chi connectivity index (χ0v) is 14.7. The smallest absolute Gasteiger partial charge is 0.191 e. The van der Waals surface area contributed by atoms with Crippen molar-refractivity contribution in [2.24, 2.45) is 4.99 Å². The minimum atomic E-state index is 0.174. The summed E-state index contributed by atoms with van der Waals surface area (Å²) in [5.74, 6) is 3.13. The van der Waals surface area contributed by atoms with Crippen molar-refractivity contribution in [2.45, 2.75) is 45.2 Å². The van der Waals surface area contributed by atoms with Crippen molar-refractivity contribution >= 4 is 17.3 Å². The zero-order valence-electron chi connectivity index (χ0n) is 13.9. The van der Waals surface area contributed by atoms with E-state index in [1.54, 1.807) is 11.3 Å². The number of aromatic nitrogens is 3. The van der Waals surface area contributed by atoms with Crippen molar-refractivity contribution in [2.75, 3.05) is 13.6 Å². The molecule has 2 atom stereocenters. The van der Waals surface area contributed by atoms with Gasteiger partial charge in [-0.3, -0.25) is 4.99 Å². The molecule has 2 unspecified atom stereocenters. The number of aryl methyl sites for hydroxylation is 2. The Hall–Kier alpha value is -1.89. The first-order chi connectivity index (χ1) is 11.2. The Morgan fingerprint density at radius 2 is 2.43 bits per heavy atom. The second-order valence-electron chi connectivity index (χ2n) is 5.99. The maximum absolute atomic E-state index is 4.56. The van der Waals surface area contributed by atoms with Gasteiger partial charge in [-0.25, -0.2) is 9.67 Å². The molecule has 124 valence electrons. The summed E-state index contributed by atoms with van der Waals surface area (Å²) in [6.45, 7) is 5.98. The van der Waals surface area contributed by atoms with E-state index in [-0.39, 0.29) is 6.04 Å². The molecule has 7 heteroatoms. The quantitative estimate of drug-likeness (QED) is 0.667. The number of hydrogen-bond donors (Lipinski definition) is 2. The van der Waals surface area contributed by atoms with Crippen molar-refractivity contribution in [1.29, 1.82) is 0 Å². The molecule has 0 fully saturated rings. The predicted octanol–water partition coefficient (Wildman–Crippen LogP) is 2.45. The van der Waals surface area contributed by atoms with Crippen LogP contribution in [0.25, 0.3) is 0 Å². The number of aliphatic imine (C=N–C) groups is 1. The summed E-state index contributed by atoms with van der Waals surface area (Å²) >= 11 is 1.74. The highest BCUT2D eigenvalue weighted by Crippen LogP contribution is 2.23. The first kappa shape index (κ1) is 16.0. The lowest BCUT2D eigenvalue weighted by molar-refractivity contribution is 0.397. The fraction of sp³-hybridized carbons (Fsp3) is 0.562. The molecule has 0 amide bonds. The predicted molar refractivity (Wildman–Crippen MR) is 94.0 cm³/mol. The van der Waals surface area contributed by atoms with Gasteiger partial charge in [-0.1, -0.05) is 6.92 Å². The average molecular weight is 332 g/mol. The fourth-order valence-corrected chi connectivity index (χ4v) is 3.67. The van der Waals surface area contributed by atoms with Crippen LogP contribution >= 0.6 is 11.3 Å². The summed E-state index contributed by atoms with van der Waals surface area (Å²) in [6.07, 6.45) is 2.16. The molecule has 0 bridgehead atoms. The summed E-state index contributed by atoms with van der Waals surface area (Å²) < 4.78 is 2.01. The van der Waals surface area contributed by atoms with Crippen LogP contribution in [-0.4, -0.2) is 34.3 Å². The van der Waals surface area contributed by atoms with Gasteiger partial charge in [-0.2, -0.15) is 16.4 Å². The molecular weight excluding hydrogens is 308 g/mol. The van der Waals surface area contributed by atoms with E-state index in [1.165, 1.54) is 5.56 Å². The minimum Gasteiger partial charge on any atom is -0.356 e. The van der Waals surface area contributed by atoms with E-state index in [2.05, 4.69) is 49.5 Å². The molecule has 3 heterocycles. The molecule has 6 nitrogen and oxygen atoms in total. The van der Waals surface area contributed by atoms with E-state index in [1.807, 2.05) is 18.7 Å². The van der Waals surface area contributed by atoms with Crippen LogP contribution in [-0.2, 0) is 6.54 Å². The maximum atomic E-state index is 4.56. The van der Waals surface area contributed by atoms with Gasteiger partial charge in [0.05, 0.1) is 6.04 Å². The van der Waals surface area contributed by atoms with E-state index < -0.39 is 0 Å². The van der Waals surface area contributed by atoms with E-state index in [9.17, 15) is 0 Å². The van der Waals surface area contributed by atoms with Crippen molar-refractivity contribution < 1.29 is 0 Å². The minimum absolute atomic E-state index is 0.174. The summed E-state index contributed by atoms with van der Waals surface area (Å²) in [7, 11) is 1.81. The number of rotatable bonds is 4. The lowest BCUT2D eigenvalue weighted by Gasteiger charge is -2.25. The molecule has 0 spiro atoms. The topological polar surface area (TPSA) is 67.1 Å². The third kappa shape index (κ3) is 3.72. The number of thiophene rings is 1. The number of nitrogens with zero attached hydrogens (tertiary/aromatic N) is 4. The van der Waals surface area contributed by atoms with E-state index >= 15 is 0 Å². The zero-order chi connectivity index (χ0) is 16.2. The summed E-state index contributed by atoms with van der Waals surface area (Å²) in [4.78, 5) is 8.92. The van der Waals surface area contributed by atoms with Crippen LogP contribution in [0.4, 0.5) is 0 Å². The first-order valence-electron chi connectivity index (χ1n) is 8.08. The standard InChI is InChI=1S/C16H24N6S/c1-11(13-6-8-23-10-13)9-18-16(17-3)20-14-5-4-7-22-15(14)19-12(2)21-22/h6,8,10-11,14H,4-5,7,9H2,1-3H3,(H2,17,18,20). The fourth-order valence-electron chi connectivity index (χ4n) is 2.89. The van der Waals surface area contributed by atoms with Gasteiger partial charge >= 0.3 is 0 Å². The molecule has 0 aromatic carbocycles. The van der Waals surface area contributed by atoms with E-state index in [0.29, 0.717) is 5.92 Å². The Morgan fingerprint density at radius 1 is 1.57 bits per heavy atom. The van der Waals surface area contributed by atoms with Gasteiger partial charge in [0.1, 0.15) is 11.6 Å². The molecule has 2 N–H and O–H groups in total. The first-order valence-corrected chi connectivity index (χ1v) is 9.02. The van der Waals surface area contributed by atoms with Crippen molar-refractivity contribution in [1.82, 2.24) is 25.4 Å². The summed E-state index contributed by atoms with van der Waals surface area (Å²) in [5, 5.41) is 15.7. The van der Waals surface area contributed by atoms with Crippen molar-refractivity contribution in [3.05, 3.63) is 34.0 Å². The van der Waals surface area contributed by atoms with E-state index in [0.717, 1.165) is 43.5 Å². The third-order valence-electron chi connectivity index (χ3n) is 4.20. The van der Waals surface area contributed by atoms with Gasteiger partial charge in [0.15, 0.2) is 5.96 Å². The largest absolute Gasteiger partial charge is 0.356 e. The van der Waals surface area contributed by atoms with Crippen molar-refractivity contribution in [3.63, 3.8) is 0 Å². The molecule has 0 radical (unpaired) electrons. The lowest BCUT2D eigenvalue weighted by atomic mass is 10.1. The molecule has 0 saturated carbocycles. The molecular formula is C16H24N6S. The second kappa shape index (κ2) is 7.12. The lowest BCUT2D eigenvalue weighted by Crippen LogP contribution is -2.42.